The van der Waals surface area contributed by atoms with Gasteiger partial charge < -0.3 is 19.4 Å². The number of ether oxygens (including phenoxy) is 1. The Morgan fingerprint density at radius 3 is 2.24 bits per heavy atom. The molecule has 0 atom stereocenters. The number of amides is 1. The molecule has 10 nitrogen and oxygen atoms in total. The van der Waals surface area contributed by atoms with E-state index in [9.17, 15) is 13.6 Å². The van der Waals surface area contributed by atoms with Crippen LogP contribution in [0.4, 0.5) is 20.7 Å². The summed E-state index contributed by atoms with van der Waals surface area (Å²) in [5.74, 6) is 0.648. The van der Waals surface area contributed by atoms with Crippen molar-refractivity contribution in [2.45, 2.75) is 73.3 Å². The second-order valence-electron chi connectivity index (χ2n) is 11.6. The number of hydrogen-bond acceptors (Lipinski definition) is 8. The standard InChI is InChI=1S/C30H44F2N8O2/c1-7-14-38(15-8-2)27-34-28(36-29(35-27)40-23-12-10-9-11-22(23)33-25(40)24(31)32)39-18-16-37(17-19-39)26(41)30(5,6)13-20-42-21(3)4/h9-12,21,24H,7-8,13-20H2,1-6H3. The molecule has 1 aromatic carbocycles. The maximum absolute atomic E-state index is 14.2. The average molecular weight is 587 g/mol. The van der Waals surface area contributed by atoms with Crippen molar-refractivity contribution in [3.63, 3.8) is 0 Å². The van der Waals surface area contributed by atoms with E-state index in [1.54, 1.807) is 24.3 Å². The van der Waals surface area contributed by atoms with Crippen LogP contribution in [-0.4, -0.2) is 87.3 Å². The van der Waals surface area contributed by atoms with Crippen LogP contribution >= 0.6 is 0 Å². The zero-order chi connectivity index (χ0) is 30.4. The Hall–Kier alpha value is -3.41. The van der Waals surface area contributed by atoms with Crippen LogP contribution in [0.25, 0.3) is 17.0 Å². The van der Waals surface area contributed by atoms with Crippen LogP contribution in [-0.2, 0) is 9.53 Å². The van der Waals surface area contributed by atoms with E-state index in [0.29, 0.717) is 62.1 Å². The maximum atomic E-state index is 14.2. The van der Waals surface area contributed by atoms with Crippen molar-refractivity contribution in [2.75, 3.05) is 55.7 Å². The van der Waals surface area contributed by atoms with Crippen molar-refractivity contribution in [1.82, 2.24) is 29.4 Å². The summed E-state index contributed by atoms with van der Waals surface area (Å²) < 4.78 is 35.5. The van der Waals surface area contributed by atoms with Crippen LogP contribution in [0.1, 0.15) is 73.1 Å². The van der Waals surface area contributed by atoms with Gasteiger partial charge in [0.2, 0.25) is 23.8 Å². The highest BCUT2D eigenvalue weighted by Gasteiger charge is 2.34. The van der Waals surface area contributed by atoms with Crippen molar-refractivity contribution in [3.05, 3.63) is 30.1 Å². The third-order valence-corrected chi connectivity index (χ3v) is 7.46. The van der Waals surface area contributed by atoms with Crippen LogP contribution < -0.4 is 9.80 Å². The molecule has 0 bridgehead atoms. The summed E-state index contributed by atoms with van der Waals surface area (Å²) >= 11 is 0. The van der Waals surface area contributed by atoms with Gasteiger partial charge in [-0.3, -0.25) is 9.36 Å². The second-order valence-corrected chi connectivity index (χ2v) is 11.6. The first-order chi connectivity index (χ1) is 20.1. The number of aromatic nitrogens is 5. The molecule has 12 heteroatoms. The lowest BCUT2D eigenvalue weighted by Crippen LogP contribution is -2.52. The highest BCUT2D eigenvalue weighted by Crippen LogP contribution is 2.29. The molecule has 1 aliphatic heterocycles. The molecule has 0 saturated carbocycles. The average Bonchev–Trinajstić information content (AvgIpc) is 3.36. The number of fused-ring (bicyclic) bond motifs is 1. The first-order valence-corrected chi connectivity index (χ1v) is 15.0. The van der Waals surface area contributed by atoms with Crippen molar-refractivity contribution < 1.29 is 18.3 Å². The number of carbonyl (C=O) groups is 1. The van der Waals surface area contributed by atoms with Gasteiger partial charge in [0.05, 0.1) is 17.1 Å². The first-order valence-electron chi connectivity index (χ1n) is 15.0. The normalized spacial score (nSPS) is 14.4. The van der Waals surface area contributed by atoms with Crippen LogP contribution in [0.2, 0.25) is 0 Å². The minimum absolute atomic E-state index is 0.0926. The van der Waals surface area contributed by atoms with Crippen LogP contribution in [0, 0.1) is 5.41 Å². The van der Waals surface area contributed by atoms with Gasteiger partial charge in [-0.1, -0.05) is 39.8 Å². The van der Waals surface area contributed by atoms with Gasteiger partial charge in [-0.15, -0.1) is 0 Å². The van der Waals surface area contributed by atoms with E-state index < -0.39 is 17.7 Å². The highest BCUT2D eigenvalue weighted by molar-refractivity contribution is 5.82. The molecule has 0 aliphatic carbocycles. The number of imidazole rings is 1. The highest BCUT2D eigenvalue weighted by atomic mass is 19.3. The molecule has 2 aromatic heterocycles. The minimum atomic E-state index is -2.81. The summed E-state index contributed by atoms with van der Waals surface area (Å²) in [6.45, 7) is 16.1. The van der Waals surface area contributed by atoms with Gasteiger partial charge in [0.1, 0.15) is 0 Å². The molecule has 230 valence electrons. The molecule has 1 amide bonds. The van der Waals surface area contributed by atoms with E-state index in [1.807, 2.05) is 37.5 Å². The lowest BCUT2D eigenvalue weighted by atomic mass is 9.87. The van der Waals surface area contributed by atoms with E-state index in [0.717, 1.165) is 25.9 Å². The molecule has 0 spiro atoms. The number of carbonyl (C=O) groups excluding carboxylic acids is 1. The van der Waals surface area contributed by atoms with Crippen LogP contribution in [0.3, 0.4) is 0 Å². The summed E-state index contributed by atoms with van der Waals surface area (Å²) in [5.41, 5.74) is 0.413. The lowest BCUT2D eigenvalue weighted by Gasteiger charge is -2.39. The summed E-state index contributed by atoms with van der Waals surface area (Å²) in [4.78, 5) is 37.8. The lowest BCUT2D eigenvalue weighted by molar-refractivity contribution is -0.142. The summed E-state index contributed by atoms with van der Waals surface area (Å²) in [7, 11) is 0. The third kappa shape index (κ3) is 7.14. The molecule has 1 saturated heterocycles. The largest absolute Gasteiger partial charge is 0.379 e. The smallest absolute Gasteiger partial charge is 0.296 e. The Morgan fingerprint density at radius 2 is 1.62 bits per heavy atom. The number of hydrogen-bond donors (Lipinski definition) is 0. The topological polar surface area (TPSA) is 92.5 Å². The van der Waals surface area contributed by atoms with E-state index in [1.165, 1.54) is 4.57 Å². The molecule has 1 fully saturated rings. The fourth-order valence-electron chi connectivity index (χ4n) is 5.17. The van der Waals surface area contributed by atoms with Crippen molar-refractivity contribution in [2.24, 2.45) is 5.41 Å². The van der Waals surface area contributed by atoms with Crippen molar-refractivity contribution in [1.29, 1.82) is 0 Å². The van der Waals surface area contributed by atoms with Gasteiger partial charge in [0.15, 0.2) is 5.82 Å². The molecule has 0 unspecified atom stereocenters. The Morgan fingerprint density at radius 1 is 0.976 bits per heavy atom. The van der Waals surface area contributed by atoms with Crippen LogP contribution in [0.15, 0.2) is 24.3 Å². The fourth-order valence-corrected chi connectivity index (χ4v) is 5.17. The van der Waals surface area contributed by atoms with Gasteiger partial charge in [-0.05, 0) is 45.2 Å². The number of halogens is 2. The number of alkyl halides is 2. The zero-order valence-electron chi connectivity index (χ0n) is 25.7. The van der Waals surface area contributed by atoms with Gasteiger partial charge >= 0.3 is 0 Å². The molecule has 3 heterocycles. The molecule has 1 aliphatic rings. The number of benzene rings is 1. The van der Waals surface area contributed by atoms with Gasteiger partial charge in [0, 0.05) is 51.3 Å². The van der Waals surface area contributed by atoms with E-state index >= 15 is 0 Å². The van der Waals surface area contributed by atoms with Crippen LogP contribution in [0.5, 0.6) is 0 Å². The molecule has 3 aromatic rings. The predicted octanol–water partition coefficient (Wildman–Crippen LogP) is 5.26. The van der Waals surface area contributed by atoms with Crippen molar-refractivity contribution in [3.8, 4) is 5.95 Å². The minimum Gasteiger partial charge on any atom is -0.379 e. The van der Waals surface area contributed by atoms with Crippen molar-refractivity contribution >= 4 is 28.8 Å². The van der Waals surface area contributed by atoms with E-state index in [2.05, 4.69) is 23.7 Å². The van der Waals surface area contributed by atoms with E-state index in [-0.39, 0.29) is 18.0 Å². The summed E-state index contributed by atoms with van der Waals surface area (Å²) in [6.07, 6.45) is -0.290. The van der Waals surface area contributed by atoms with Gasteiger partial charge in [-0.2, -0.15) is 15.0 Å². The molecular formula is C30H44F2N8O2. The third-order valence-electron chi connectivity index (χ3n) is 7.46. The Labute approximate surface area is 247 Å². The number of piperazine rings is 1. The van der Waals surface area contributed by atoms with E-state index in [4.69, 9.17) is 19.7 Å². The number of para-hydroxylation sites is 2. The number of anilines is 2. The Balaban J connectivity index is 1.65. The number of rotatable bonds is 13. The summed E-state index contributed by atoms with van der Waals surface area (Å²) in [6, 6.07) is 6.99. The van der Waals surface area contributed by atoms with Gasteiger partial charge in [0.25, 0.3) is 6.43 Å². The Kier molecular flexibility index (Phi) is 10.3. The second kappa shape index (κ2) is 13.7. The molecule has 4 rings (SSSR count). The first kappa shape index (κ1) is 31.5. The Bertz CT molecular complexity index is 1330. The monoisotopic (exact) mass is 586 g/mol. The molecular weight excluding hydrogens is 542 g/mol. The molecule has 42 heavy (non-hydrogen) atoms. The fraction of sp³-hybridized carbons (Fsp3) is 0.633. The quantitative estimate of drug-likeness (QED) is 0.268. The zero-order valence-corrected chi connectivity index (χ0v) is 25.7. The van der Waals surface area contributed by atoms with Gasteiger partial charge in [-0.25, -0.2) is 13.8 Å². The predicted molar refractivity (Wildman–Crippen MR) is 160 cm³/mol. The SMILES string of the molecule is CCCN(CCC)c1nc(N2CCN(C(=O)C(C)(C)CCOC(C)C)CC2)nc(-n2c(C(F)F)nc3ccccc32)n1. The molecule has 0 radical (unpaired) electrons. The summed E-state index contributed by atoms with van der Waals surface area (Å²) in [5, 5.41) is 0. The maximum Gasteiger partial charge on any atom is 0.296 e. The molecule has 0 N–H and O–H groups in total. The number of nitrogens with zero attached hydrogens (tertiary/aromatic N) is 8.